The molecule has 8 N–H and O–H groups in total. The topological polar surface area (TPSA) is 232 Å². The zero-order chi connectivity index (χ0) is 38.4. The molecule has 2 fully saturated rings. The normalized spacial score (nSPS) is 32.2. The van der Waals surface area contributed by atoms with E-state index in [0.717, 1.165) is 36.3 Å². The molecular weight excluding hydrogens is 1020 g/mol. The van der Waals surface area contributed by atoms with Gasteiger partial charge in [-0.3, -0.25) is 0 Å². The quantitative estimate of drug-likeness (QED) is 0.121. The van der Waals surface area contributed by atoms with Gasteiger partial charge in [0.05, 0.1) is 0 Å². The third-order valence-corrected chi connectivity index (χ3v) is 47.8. The molecule has 2 saturated heterocycles. The first-order valence-electron chi connectivity index (χ1n) is 17.9. The summed E-state index contributed by atoms with van der Waals surface area (Å²) in [5.41, 5.74) is 28.3. The second kappa shape index (κ2) is 36.2. The van der Waals surface area contributed by atoms with Crippen LogP contribution in [0.2, 0.25) is 74.8 Å². The molecule has 10 unspecified atom stereocenters. The summed E-state index contributed by atoms with van der Waals surface area (Å²) in [5.74, 6) is 0. The molecule has 10 atom stereocenters. The first-order chi connectivity index (χ1) is 23.5. The van der Waals surface area contributed by atoms with Gasteiger partial charge in [0.2, 0.25) is 0 Å². The third-order valence-electron chi connectivity index (χ3n) is 8.11. The zero-order valence-electron chi connectivity index (χ0n) is 35.6. The van der Waals surface area contributed by atoms with Gasteiger partial charge in [0.15, 0.2) is 53.3 Å². The minimum atomic E-state index is -2.84. The zero-order valence-corrected chi connectivity index (χ0v) is 52.3. The van der Waals surface area contributed by atoms with Gasteiger partial charge >= 0.3 is 35.2 Å². The molecular formula is C26H78N4O12Si10Y2-4. The van der Waals surface area contributed by atoms with E-state index >= 15 is 0 Å². The van der Waals surface area contributed by atoms with Crippen molar-refractivity contribution in [3.8, 4) is 0 Å². The molecule has 28 heteroatoms. The van der Waals surface area contributed by atoms with Crippen molar-refractivity contribution in [1.82, 2.24) is 0 Å². The molecule has 2 heterocycles. The van der Waals surface area contributed by atoms with Crippen molar-refractivity contribution in [3.63, 3.8) is 0 Å². The molecule has 54 heavy (non-hydrogen) atoms. The van der Waals surface area contributed by atoms with Gasteiger partial charge in [-0.1, -0.05) is 12.8 Å². The maximum atomic E-state index is 8.58. The van der Waals surface area contributed by atoms with E-state index in [4.69, 9.17) is 74.9 Å². The monoisotopic (exact) mass is 1100 g/mol. The second-order valence-corrected chi connectivity index (χ2v) is 46.4. The van der Waals surface area contributed by atoms with Crippen LogP contribution in [0.1, 0.15) is 25.7 Å². The predicted octanol–water partition coefficient (Wildman–Crippen LogP) is 2.17. The smallest absolute Gasteiger partial charge is 0.482 e. The Morgan fingerprint density at radius 1 is 0.556 bits per heavy atom. The fourth-order valence-corrected chi connectivity index (χ4v) is 43.7. The van der Waals surface area contributed by atoms with Crippen LogP contribution in [0.25, 0.3) is 11.5 Å². The summed E-state index contributed by atoms with van der Waals surface area (Å²) < 4.78 is 61.4. The maximum Gasteiger partial charge on any atom is 0.482 e. The Hall–Kier alpha value is 3.74. The number of rotatable bonds is 17. The minimum absolute atomic E-state index is 0. The average molecular weight is 1100 g/mol. The Balaban J connectivity index is -0.000000242. The SMILES string of the molecule is CO[Si]1(CCCN)O[SiH](C)C[SiH](C)O[Si](CCCN)(OC)O1.CO[Si]1(CCC[NH-])O[SiH](C)C[SiH](C)O[Si](CCC[NH-])(OC)O1.C[SiH](O)[SiH](C)O.[CH3-].[CH3-].[Y].[Y]. The van der Waals surface area contributed by atoms with E-state index in [1.807, 2.05) is 0 Å². The molecule has 2 aliphatic heterocycles. The second-order valence-electron chi connectivity index (χ2n) is 12.9. The van der Waals surface area contributed by atoms with Crippen LogP contribution in [0.5, 0.6) is 0 Å². The Kier molecular flexibility index (Phi) is 44.9. The van der Waals surface area contributed by atoms with Crippen LogP contribution in [0.15, 0.2) is 0 Å². The van der Waals surface area contributed by atoms with E-state index in [0.29, 0.717) is 51.1 Å². The van der Waals surface area contributed by atoms with Crippen LogP contribution in [-0.4, -0.2) is 153 Å². The van der Waals surface area contributed by atoms with Crippen molar-refractivity contribution < 1.29 is 117 Å². The van der Waals surface area contributed by atoms with Gasteiger partial charge in [-0.25, -0.2) is 0 Å². The number of hydrogen-bond donors (Lipinski definition) is 4. The van der Waals surface area contributed by atoms with Crippen LogP contribution in [0.3, 0.4) is 0 Å². The molecule has 16 nitrogen and oxygen atoms in total. The summed E-state index contributed by atoms with van der Waals surface area (Å²) in [5, 5.41) is 0. The summed E-state index contributed by atoms with van der Waals surface area (Å²) >= 11 is 0. The molecule has 0 aromatic heterocycles. The third kappa shape index (κ3) is 26.3. The molecule has 2 aliphatic rings. The molecule has 2 radical (unpaired) electrons. The maximum absolute atomic E-state index is 8.58. The number of nitrogens with two attached hydrogens (primary N) is 2. The fraction of sp³-hybridized carbons (Fsp3) is 0.923. The molecule has 0 bridgehead atoms. The number of nitrogens with one attached hydrogen (secondary N) is 2. The van der Waals surface area contributed by atoms with E-state index in [9.17, 15) is 0 Å². The average Bonchev–Trinajstić information content (AvgIpc) is 3.06. The largest absolute Gasteiger partial charge is 0.677 e. The van der Waals surface area contributed by atoms with E-state index in [-0.39, 0.29) is 80.3 Å². The number of hydrogen-bond acceptors (Lipinski definition) is 14. The van der Waals surface area contributed by atoms with Crippen LogP contribution in [0, 0.1) is 14.9 Å². The van der Waals surface area contributed by atoms with Crippen LogP contribution in [-0.2, 0) is 108 Å². The molecule has 0 aliphatic carbocycles. The van der Waals surface area contributed by atoms with E-state index < -0.39 is 88.5 Å². The van der Waals surface area contributed by atoms with Gasteiger partial charge in [-0.05, 0) is 76.5 Å². The van der Waals surface area contributed by atoms with Crippen molar-refractivity contribution in [3.05, 3.63) is 26.3 Å². The van der Waals surface area contributed by atoms with Gasteiger partial charge in [0.1, 0.15) is 0 Å². The van der Waals surface area contributed by atoms with Crippen molar-refractivity contribution >= 4 is 88.5 Å². The van der Waals surface area contributed by atoms with Gasteiger partial charge in [0.25, 0.3) is 0 Å². The molecule has 0 aromatic rings. The van der Waals surface area contributed by atoms with Crippen molar-refractivity contribution in [2.45, 2.75) is 100 Å². The molecule has 0 aromatic carbocycles. The summed E-state index contributed by atoms with van der Waals surface area (Å²) in [4.78, 5) is 17.2. The van der Waals surface area contributed by atoms with Gasteiger partial charge < -0.3 is 89.8 Å². The molecule has 0 amide bonds. The standard InChI is InChI=1S/C11H32N2O5Si4.C11H30N2O5Si4.C2H10O2Si2.2CH3.2Y/c2*1-14-21(9-5-7-12)16-19(3)11-20(4)17-22(15-2,18-21)10-6-8-13;1-5(3)6(2)4;;;;/h19-20H,5-13H2,1-4H3;12-13,19-20H,5-11H2,1-4H3;3-6H,1-2H3;2*1H3;;/q;-2;;2*-1;;. The van der Waals surface area contributed by atoms with Gasteiger partial charge in [-0.15, -0.1) is 0 Å². The summed E-state index contributed by atoms with van der Waals surface area (Å²) in [7, 11) is -13.2. The van der Waals surface area contributed by atoms with Crippen molar-refractivity contribution in [1.29, 1.82) is 0 Å². The fourth-order valence-electron chi connectivity index (χ4n) is 5.38. The molecule has 0 spiro atoms. The van der Waals surface area contributed by atoms with Crippen molar-refractivity contribution in [2.24, 2.45) is 11.5 Å². The first-order valence-corrected chi connectivity index (χ1v) is 41.4. The van der Waals surface area contributed by atoms with Crippen LogP contribution in [0.4, 0.5) is 0 Å². The van der Waals surface area contributed by atoms with Gasteiger partial charge in [0, 0.05) is 118 Å². The molecule has 324 valence electrons. The Bertz CT molecular complexity index is 774. The Morgan fingerprint density at radius 3 is 0.944 bits per heavy atom. The van der Waals surface area contributed by atoms with E-state index in [1.54, 1.807) is 41.5 Å². The van der Waals surface area contributed by atoms with Gasteiger partial charge in [-0.2, -0.15) is 13.1 Å². The first kappa shape index (κ1) is 66.8. The predicted molar refractivity (Wildman–Crippen MR) is 237 cm³/mol. The van der Waals surface area contributed by atoms with Crippen LogP contribution >= 0.6 is 0 Å². The molecule has 0 saturated carbocycles. The minimum Gasteiger partial charge on any atom is -0.677 e. The molecule has 2 rings (SSSR count). The Labute approximate surface area is 394 Å². The summed E-state index contributed by atoms with van der Waals surface area (Å²) in [6, 6.07) is 2.72. The van der Waals surface area contributed by atoms with E-state index in [1.165, 1.54) is 0 Å². The van der Waals surface area contributed by atoms with E-state index in [2.05, 4.69) is 26.2 Å². The van der Waals surface area contributed by atoms with Crippen LogP contribution < -0.4 is 11.5 Å². The summed E-state index contributed by atoms with van der Waals surface area (Å²) in [6.07, 6.45) is 3.03. The Morgan fingerprint density at radius 2 is 0.778 bits per heavy atom. The summed E-state index contributed by atoms with van der Waals surface area (Å²) in [6.45, 7) is 14.1. The van der Waals surface area contributed by atoms with Crippen molar-refractivity contribution in [2.75, 3.05) is 54.6 Å².